The van der Waals surface area contributed by atoms with Crippen molar-refractivity contribution in [2.75, 3.05) is 0 Å². The van der Waals surface area contributed by atoms with Crippen LogP contribution in [0.3, 0.4) is 0 Å². The number of carboxylic acids is 1. The number of imidazole rings is 1. The molecule has 0 saturated heterocycles. The number of rotatable bonds is 5. The zero-order chi connectivity index (χ0) is 16.6. The fraction of sp³-hybridized carbons (Fsp3) is 0.571. The Bertz CT molecular complexity index is 841. The van der Waals surface area contributed by atoms with Crippen LogP contribution >= 0.6 is 0 Å². The Morgan fingerprint density at radius 3 is 2.18 bits per heavy atom. The van der Waals surface area contributed by atoms with E-state index in [4.69, 9.17) is 0 Å². The SMILES string of the molecule is CCn1c(=O)c2c(nc(C(=O)O)n2CC)n(CC(C)C)c1=O. The van der Waals surface area contributed by atoms with E-state index in [9.17, 15) is 19.5 Å². The van der Waals surface area contributed by atoms with Crippen LogP contribution in [0.25, 0.3) is 11.2 Å². The number of fused-ring (bicyclic) bond motifs is 1. The van der Waals surface area contributed by atoms with Crippen molar-refractivity contribution >= 4 is 17.1 Å². The second-order valence-electron chi connectivity index (χ2n) is 5.49. The van der Waals surface area contributed by atoms with E-state index in [1.165, 1.54) is 9.13 Å². The van der Waals surface area contributed by atoms with E-state index in [0.29, 0.717) is 6.54 Å². The van der Waals surface area contributed by atoms with E-state index in [1.807, 2.05) is 13.8 Å². The summed E-state index contributed by atoms with van der Waals surface area (Å²) in [4.78, 5) is 40.4. The quantitative estimate of drug-likeness (QED) is 0.879. The maximum Gasteiger partial charge on any atom is 0.372 e. The van der Waals surface area contributed by atoms with E-state index in [0.717, 1.165) is 4.57 Å². The Balaban J connectivity index is 3.03. The molecule has 2 aromatic heterocycles. The van der Waals surface area contributed by atoms with Gasteiger partial charge < -0.3 is 9.67 Å². The number of aromatic carboxylic acids is 1. The maximum atomic E-state index is 12.5. The van der Waals surface area contributed by atoms with Crippen LogP contribution in [-0.2, 0) is 19.6 Å². The average molecular weight is 308 g/mol. The number of hydrogen-bond acceptors (Lipinski definition) is 4. The summed E-state index contributed by atoms with van der Waals surface area (Å²) in [5.41, 5.74) is -0.634. The molecule has 8 nitrogen and oxygen atoms in total. The fourth-order valence-electron chi connectivity index (χ4n) is 2.57. The predicted octanol–water partition coefficient (Wildman–Crippen LogP) is 0.754. The molecule has 8 heteroatoms. The Hall–Kier alpha value is -2.38. The van der Waals surface area contributed by atoms with Gasteiger partial charge in [-0.2, -0.15) is 0 Å². The number of carbonyl (C=O) groups is 1. The molecule has 2 rings (SSSR count). The van der Waals surface area contributed by atoms with Gasteiger partial charge in [0, 0.05) is 19.6 Å². The lowest BCUT2D eigenvalue weighted by atomic mass is 10.2. The first kappa shape index (κ1) is 16.0. The summed E-state index contributed by atoms with van der Waals surface area (Å²) in [6.07, 6.45) is 0. The third-order valence-corrected chi connectivity index (χ3v) is 3.49. The number of aryl methyl sites for hydroxylation is 1. The monoisotopic (exact) mass is 308 g/mol. The molecule has 0 aliphatic carbocycles. The average Bonchev–Trinajstić information content (AvgIpc) is 2.83. The van der Waals surface area contributed by atoms with Crippen molar-refractivity contribution in [3.63, 3.8) is 0 Å². The molecule has 2 aromatic rings. The van der Waals surface area contributed by atoms with Gasteiger partial charge in [-0.25, -0.2) is 14.6 Å². The molecule has 0 bridgehead atoms. The van der Waals surface area contributed by atoms with Gasteiger partial charge in [-0.1, -0.05) is 13.8 Å². The second-order valence-corrected chi connectivity index (χ2v) is 5.49. The lowest BCUT2D eigenvalue weighted by Crippen LogP contribution is -2.40. The Labute approximate surface area is 126 Å². The highest BCUT2D eigenvalue weighted by atomic mass is 16.4. The first-order valence-electron chi connectivity index (χ1n) is 7.30. The minimum Gasteiger partial charge on any atom is -0.475 e. The molecular formula is C14H20N4O4. The number of aromatic nitrogens is 4. The third-order valence-electron chi connectivity index (χ3n) is 3.49. The van der Waals surface area contributed by atoms with Gasteiger partial charge >= 0.3 is 11.7 Å². The molecule has 0 amide bonds. The Kier molecular flexibility index (Phi) is 4.20. The number of hydrogen-bond donors (Lipinski definition) is 1. The Morgan fingerprint density at radius 2 is 1.73 bits per heavy atom. The molecule has 0 saturated carbocycles. The highest BCUT2D eigenvalue weighted by molar-refractivity contribution is 5.88. The molecule has 0 aliphatic heterocycles. The summed E-state index contributed by atoms with van der Waals surface area (Å²) in [6.45, 7) is 8.21. The molecule has 0 radical (unpaired) electrons. The van der Waals surface area contributed by atoms with Crippen molar-refractivity contribution < 1.29 is 9.90 Å². The summed E-state index contributed by atoms with van der Waals surface area (Å²) in [7, 11) is 0. The summed E-state index contributed by atoms with van der Waals surface area (Å²) in [5.74, 6) is -1.28. The van der Waals surface area contributed by atoms with Gasteiger partial charge in [0.1, 0.15) is 0 Å². The summed E-state index contributed by atoms with van der Waals surface area (Å²) >= 11 is 0. The number of carboxylic acid groups (broad SMARTS) is 1. The van der Waals surface area contributed by atoms with Crippen LogP contribution in [0.5, 0.6) is 0 Å². The van der Waals surface area contributed by atoms with Crippen molar-refractivity contribution in [2.45, 2.75) is 47.3 Å². The van der Waals surface area contributed by atoms with Crippen LogP contribution in [0, 0.1) is 5.92 Å². The molecule has 2 heterocycles. The zero-order valence-electron chi connectivity index (χ0n) is 13.2. The summed E-state index contributed by atoms with van der Waals surface area (Å²) < 4.78 is 3.86. The van der Waals surface area contributed by atoms with E-state index in [1.54, 1.807) is 13.8 Å². The lowest BCUT2D eigenvalue weighted by molar-refractivity contribution is 0.0679. The van der Waals surface area contributed by atoms with E-state index in [-0.39, 0.29) is 36.0 Å². The molecule has 0 unspecified atom stereocenters. The molecule has 120 valence electrons. The molecule has 0 atom stereocenters. The van der Waals surface area contributed by atoms with Crippen molar-refractivity contribution in [3.05, 3.63) is 26.7 Å². The van der Waals surface area contributed by atoms with Crippen LogP contribution < -0.4 is 11.2 Å². The first-order valence-corrected chi connectivity index (χ1v) is 7.30. The number of nitrogens with zero attached hydrogens (tertiary/aromatic N) is 4. The maximum absolute atomic E-state index is 12.5. The Morgan fingerprint density at radius 1 is 1.14 bits per heavy atom. The van der Waals surface area contributed by atoms with Gasteiger partial charge in [-0.3, -0.25) is 13.9 Å². The van der Waals surface area contributed by atoms with Crippen LogP contribution in [0.1, 0.15) is 38.3 Å². The van der Waals surface area contributed by atoms with Crippen molar-refractivity contribution in [3.8, 4) is 0 Å². The first-order chi connectivity index (χ1) is 10.3. The van der Waals surface area contributed by atoms with Gasteiger partial charge in [0.15, 0.2) is 11.2 Å². The summed E-state index contributed by atoms with van der Waals surface area (Å²) in [5, 5.41) is 9.28. The molecule has 1 N–H and O–H groups in total. The normalized spacial score (nSPS) is 11.5. The highest BCUT2D eigenvalue weighted by Gasteiger charge is 2.23. The second kappa shape index (κ2) is 5.78. The van der Waals surface area contributed by atoms with Crippen LogP contribution in [-0.4, -0.2) is 29.8 Å². The highest BCUT2D eigenvalue weighted by Crippen LogP contribution is 2.13. The predicted molar refractivity (Wildman–Crippen MR) is 81.4 cm³/mol. The molecule has 22 heavy (non-hydrogen) atoms. The van der Waals surface area contributed by atoms with Crippen molar-refractivity contribution in [1.29, 1.82) is 0 Å². The van der Waals surface area contributed by atoms with E-state index in [2.05, 4.69) is 4.98 Å². The lowest BCUT2D eigenvalue weighted by Gasteiger charge is -2.12. The third kappa shape index (κ3) is 2.34. The van der Waals surface area contributed by atoms with Gasteiger partial charge in [0.25, 0.3) is 5.56 Å². The molecule has 0 spiro atoms. The van der Waals surface area contributed by atoms with Crippen LogP contribution in [0.4, 0.5) is 0 Å². The van der Waals surface area contributed by atoms with Crippen molar-refractivity contribution in [1.82, 2.24) is 18.7 Å². The van der Waals surface area contributed by atoms with Crippen molar-refractivity contribution in [2.24, 2.45) is 5.92 Å². The minimum atomic E-state index is -1.22. The van der Waals surface area contributed by atoms with Crippen LogP contribution in [0.15, 0.2) is 9.59 Å². The zero-order valence-corrected chi connectivity index (χ0v) is 13.2. The van der Waals surface area contributed by atoms with E-state index >= 15 is 0 Å². The molecule has 0 fully saturated rings. The largest absolute Gasteiger partial charge is 0.475 e. The fourth-order valence-corrected chi connectivity index (χ4v) is 2.57. The van der Waals surface area contributed by atoms with E-state index < -0.39 is 17.2 Å². The smallest absolute Gasteiger partial charge is 0.372 e. The van der Waals surface area contributed by atoms with Gasteiger partial charge in [-0.05, 0) is 19.8 Å². The molecular weight excluding hydrogens is 288 g/mol. The molecule has 0 aliphatic rings. The van der Waals surface area contributed by atoms with Gasteiger partial charge in [0.05, 0.1) is 0 Å². The summed E-state index contributed by atoms with van der Waals surface area (Å²) in [6, 6.07) is 0. The molecule has 0 aromatic carbocycles. The van der Waals surface area contributed by atoms with Gasteiger partial charge in [0.2, 0.25) is 5.82 Å². The standard InChI is InChI=1S/C14H20N4O4/c1-5-16-9-10(15-11(16)13(20)21)18(7-8(3)4)14(22)17(6-2)12(9)19/h8H,5-7H2,1-4H3,(H,20,21). The minimum absolute atomic E-state index is 0.146. The topological polar surface area (TPSA) is 99.1 Å². The van der Waals surface area contributed by atoms with Gasteiger partial charge in [-0.15, -0.1) is 0 Å². The van der Waals surface area contributed by atoms with Crippen LogP contribution in [0.2, 0.25) is 0 Å².